The van der Waals surface area contributed by atoms with Crippen LogP contribution in [0.3, 0.4) is 0 Å². The molecule has 146 valence electrons. The van der Waals surface area contributed by atoms with Crippen molar-refractivity contribution in [1.29, 1.82) is 0 Å². The third kappa shape index (κ3) is 3.81. The Labute approximate surface area is 151 Å². The molecule has 0 N–H and O–H groups in total. The Kier molecular flexibility index (Phi) is 4.94. The van der Waals surface area contributed by atoms with E-state index >= 15 is 0 Å². The first-order valence-corrected chi connectivity index (χ1v) is 8.10. The first kappa shape index (κ1) is 18.9. The smallest absolute Gasteiger partial charge is 0.435 e. The molecule has 1 aromatic carbocycles. The molecule has 3 rings (SSSR count). The quantitative estimate of drug-likeness (QED) is 0.453. The highest BCUT2D eigenvalue weighted by molar-refractivity contribution is 5.67. The Morgan fingerprint density at radius 1 is 1.37 bits per heavy atom. The van der Waals surface area contributed by atoms with Gasteiger partial charge >= 0.3 is 11.9 Å². The number of rotatable bonds is 4. The Morgan fingerprint density at radius 2 is 2.11 bits per heavy atom. The van der Waals surface area contributed by atoms with E-state index in [2.05, 4.69) is 5.10 Å². The zero-order chi connectivity index (χ0) is 19.8. The van der Waals surface area contributed by atoms with Crippen LogP contribution in [-0.2, 0) is 6.18 Å². The summed E-state index contributed by atoms with van der Waals surface area (Å²) in [6, 6.07) is 2.73. The van der Waals surface area contributed by atoms with Gasteiger partial charge in [-0.3, -0.25) is 14.8 Å². The maximum Gasteiger partial charge on any atom is 0.435 e. The van der Waals surface area contributed by atoms with Crippen molar-refractivity contribution in [2.45, 2.75) is 25.1 Å². The molecular formula is C16H16F4N4O3. The number of halogens is 4. The summed E-state index contributed by atoms with van der Waals surface area (Å²) in [5.74, 6) is -0.913. The lowest BCUT2D eigenvalue weighted by Crippen LogP contribution is -2.37. The van der Waals surface area contributed by atoms with Crippen molar-refractivity contribution in [3.8, 4) is 5.75 Å². The molecule has 1 unspecified atom stereocenters. The molecule has 1 aromatic heterocycles. The lowest BCUT2D eigenvalue weighted by Gasteiger charge is -2.34. The first-order chi connectivity index (χ1) is 12.7. The number of hydrogen-bond acceptors (Lipinski definition) is 5. The summed E-state index contributed by atoms with van der Waals surface area (Å²) in [4.78, 5) is 12.1. The van der Waals surface area contributed by atoms with Gasteiger partial charge in [-0.25, -0.2) is 0 Å². The zero-order valence-electron chi connectivity index (χ0n) is 14.2. The SMILES string of the molecule is COc1cc(F)c([N+](=O)[O-])c(N2CCCC(n3ccc(C(F)(F)F)n3)C2)c1. The fraction of sp³-hybridized carbons (Fsp3) is 0.438. The summed E-state index contributed by atoms with van der Waals surface area (Å²) >= 11 is 0. The molecule has 0 bridgehead atoms. The second-order valence-corrected chi connectivity index (χ2v) is 6.15. The summed E-state index contributed by atoms with van der Waals surface area (Å²) in [7, 11) is 1.31. The molecule has 0 aliphatic carbocycles. The Hall–Kier alpha value is -2.85. The molecule has 1 aliphatic rings. The van der Waals surface area contributed by atoms with Crippen LogP contribution in [0.1, 0.15) is 24.6 Å². The number of hydrogen-bond donors (Lipinski definition) is 0. The number of benzene rings is 1. The number of methoxy groups -OCH3 is 1. The number of nitro benzene ring substituents is 1. The first-order valence-electron chi connectivity index (χ1n) is 8.10. The van der Waals surface area contributed by atoms with Crippen LogP contribution in [0.4, 0.5) is 28.9 Å². The molecule has 1 aliphatic heterocycles. The minimum atomic E-state index is -4.55. The van der Waals surface area contributed by atoms with Gasteiger partial charge in [0, 0.05) is 31.4 Å². The molecule has 0 radical (unpaired) electrons. The molecule has 1 atom stereocenters. The Bertz CT molecular complexity index is 853. The average Bonchev–Trinajstić information content (AvgIpc) is 3.11. The van der Waals surface area contributed by atoms with Crippen LogP contribution in [0.25, 0.3) is 0 Å². The fourth-order valence-corrected chi connectivity index (χ4v) is 3.18. The van der Waals surface area contributed by atoms with E-state index in [1.54, 1.807) is 4.90 Å². The van der Waals surface area contributed by atoms with Crippen LogP contribution in [-0.4, -0.2) is 34.9 Å². The molecule has 27 heavy (non-hydrogen) atoms. The van der Waals surface area contributed by atoms with Gasteiger partial charge in [0.15, 0.2) is 5.69 Å². The minimum Gasteiger partial charge on any atom is -0.497 e. The van der Waals surface area contributed by atoms with Crippen LogP contribution in [0.15, 0.2) is 24.4 Å². The van der Waals surface area contributed by atoms with Gasteiger partial charge in [0.25, 0.3) is 0 Å². The van der Waals surface area contributed by atoms with Gasteiger partial charge < -0.3 is 9.64 Å². The minimum absolute atomic E-state index is 0.0322. The van der Waals surface area contributed by atoms with E-state index in [9.17, 15) is 27.7 Å². The van der Waals surface area contributed by atoms with Crippen molar-refractivity contribution in [2.24, 2.45) is 0 Å². The number of piperidine rings is 1. The normalized spacial score (nSPS) is 17.8. The third-order valence-electron chi connectivity index (χ3n) is 4.45. The summed E-state index contributed by atoms with van der Waals surface area (Å²) in [5.41, 5.74) is -1.66. The standard InChI is InChI=1S/C16H16F4N4O3/c1-27-11-7-12(17)15(24(25)26)13(8-11)22-5-2-3-10(9-22)23-6-4-14(21-23)16(18,19)20/h4,6-8,10H,2-3,5,9H2,1H3. The second kappa shape index (κ2) is 7.05. The predicted octanol–water partition coefficient (Wildman–Crippen LogP) is 3.80. The molecule has 11 heteroatoms. The monoisotopic (exact) mass is 388 g/mol. The highest BCUT2D eigenvalue weighted by Crippen LogP contribution is 2.38. The van der Waals surface area contributed by atoms with Crippen molar-refractivity contribution in [1.82, 2.24) is 9.78 Å². The number of nitro groups is 1. The maximum atomic E-state index is 14.2. The lowest BCUT2D eigenvalue weighted by molar-refractivity contribution is -0.386. The van der Waals surface area contributed by atoms with E-state index in [4.69, 9.17) is 4.74 Å². The number of aromatic nitrogens is 2. The third-order valence-corrected chi connectivity index (χ3v) is 4.45. The molecule has 2 aromatic rings. The van der Waals surface area contributed by atoms with Gasteiger partial charge in [0.2, 0.25) is 5.82 Å². The second-order valence-electron chi connectivity index (χ2n) is 6.15. The fourth-order valence-electron chi connectivity index (χ4n) is 3.18. The average molecular weight is 388 g/mol. The van der Waals surface area contributed by atoms with Gasteiger partial charge in [0.05, 0.1) is 18.1 Å². The number of ether oxygens (including phenoxy) is 1. The van der Waals surface area contributed by atoms with Crippen LogP contribution < -0.4 is 9.64 Å². The van der Waals surface area contributed by atoms with Crippen LogP contribution in [0.2, 0.25) is 0 Å². The molecule has 0 saturated carbocycles. The summed E-state index contributed by atoms with van der Waals surface area (Å²) < 4.78 is 58.6. The van der Waals surface area contributed by atoms with Gasteiger partial charge in [-0.15, -0.1) is 0 Å². The largest absolute Gasteiger partial charge is 0.497 e. The molecule has 1 fully saturated rings. The van der Waals surface area contributed by atoms with Crippen LogP contribution in [0.5, 0.6) is 5.75 Å². The Balaban J connectivity index is 1.91. The Morgan fingerprint density at radius 3 is 2.70 bits per heavy atom. The highest BCUT2D eigenvalue weighted by atomic mass is 19.4. The molecule has 1 saturated heterocycles. The van der Waals surface area contributed by atoms with Crippen LogP contribution >= 0.6 is 0 Å². The summed E-state index contributed by atoms with van der Waals surface area (Å²) in [6.07, 6.45) is -2.20. The van der Waals surface area contributed by atoms with Gasteiger partial charge in [-0.2, -0.15) is 22.7 Å². The van der Waals surface area contributed by atoms with Gasteiger partial charge in [0.1, 0.15) is 11.4 Å². The molecular weight excluding hydrogens is 372 g/mol. The van der Waals surface area contributed by atoms with Crippen molar-refractivity contribution in [2.75, 3.05) is 25.1 Å². The number of nitrogens with zero attached hydrogens (tertiary/aromatic N) is 4. The van der Waals surface area contributed by atoms with E-state index in [0.717, 1.165) is 12.1 Å². The van der Waals surface area contributed by atoms with E-state index in [0.29, 0.717) is 19.4 Å². The molecule has 0 amide bonds. The maximum absolute atomic E-state index is 14.2. The number of anilines is 1. The lowest BCUT2D eigenvalue weighted by atomic mass is 10.0. The van der Waals surface area contributed by atoms with Crippen LogP contribution in [0, 0.1) is 15.9 Å². The van der Waals surface area contributed by atoms with E-state index in [-0.39, 0.29) is 18.0 Å². The summed E-state index contributed by atoms with van der Waals surface area (Å²) in [6.45, 7) is 0.559. The number of alkyl halides is 3. The van der Waals surface area contributed by atoms with Crippen molar-refractivity contribution < 1.29 is 27.2 Å². The topological polar surface area (TPSA) is 73.4 Å². The predicted molar refractivity (Wildman–Crippen MR) is 87.3 cm³/mol. The van der Waals surface area contributed by atoms with Crippen molar-refractivity contribution >= 4 is 11.4 Å². The molecule has 7 nitrogen and oxygen atoms in total. The highest BCUT2D eigenvalue weighted by Gasteiger charge is 2.35. The van der Waals surface area contributed by atoms with Crippen molar-refractivity contribution in [3.63, 3.8) is 0 Å². The molecule has 2 heterocycles. The molecule has 0 spiro atoms. The van der Waals surface area contributed by atoms with Crippen molar-refractivity contribution in [3.05, 3.63) is 46.0 Å². The van der Waals surface area contributed by atoms with E-state index in [1.165, 1.54) is 24.1 Å². The summed E-state index contributed by atoms with van der Waals surface area (Å²) in [5, 5.41) is 14.9. The zero-order valence-corrected chi connectivity index (χ0v) is 14.2. The van der Waals surface area contributed by atoms with E-state index < -0.39 is 34.3 Å². The van der Waals surface area contributed by atoms with Gasteiger partial charge in [-0.1, -0.05) is 0 Å². The van der Waals surface area contributed by atoms with Gasteiger partial charge in [-0.05, 0) is 18.9 Å². The van der Waals surface area contributed by atoms with E-state index in [1.807, 2.05) is 0 Å².